The molecule has 0 aliphatic rings. The third kappa shape index (κ3) is 14.0. The summed E-state index contributed by atoms with van der Waals surface area (Å²) in [6.07, 6.45) is 17.5. The molecule has 0 amide bonds. The summed E-state index contributed by atoms with van der Waals surface area (Å²) < 4.78 is 0. The Morgan fingerprint density at radius 3 is 2.00 bits per heavy atom. The Bertz CT molecular complexity index is 266. The van der Waals surface area contributed by atoms with Gasteiger partial charge in [-0.1, -0.05) is 65.0 Å². The largest absolute Gasteiger partial charge is 0.377 e. The standard InChI is InChI=1S/C20H39N/c1-6-8-10-16-21(17-11-9-7-2)18-15-20(5)14-12-13-19(3)4/h14-15,18-19H,6-13,16-17H2,1-5H3. The molecule has 0 aromatic rings. The van der Waals surface area contributed by atoms with Crippen molar-refractivity contribution in [3.8, 4) is 0 Å². The van der Waals surface area contributed by atoms with Gasteiger partial charge in [-0.05, 0) is 50.8 Å². The van der Waals surface area contributed by atoms with Crippen molar-refractivity contribution in [3.63, 3.8) is 0 Å². The van der Waals surface area contributed by atoms with Crippen molar-refractivity contribution in [1.29, 1.82) is 0 Å². The van der Waals surface area contributed by atoms with Gasteiger partial charge < -0.3 is 4.90 Å². The van der Waals surface area contributed by atoms with E-state index < -0.39 is 0 Å². The van der Waals surface area contributed by atoms with Crippen molar-refractivity contribution in [2.75, 3.05) is 13.1 Å². The lowest BCUT2D eigenvalue weighted by atomic mass is 10.1. The van der Waals surface area contributed by atoms with Crippen LogP contribution in [0.5, 0.6) is 0 Å². The Balaban J connectivity index is 4.22. The van der Waals surface area contributed by atoms with Gasteiger partial charge in [-0.3, -0.25) is 0 Å². The molecule has 1 heteroatoms. The fraction of sp³-hybridized carbons (Fsp3) is 0.800. The molecule has 0 aliphatic heterocycles. The van der Waals surface area contributed by atoms with E-state index in [2.05, 4.69) is 57.9 Å². The quantitative estimate of drug-likeness (QED) is 0.274. The second-order valence-corrected chi connectivity index (χ2v) is 6.69. The fourth-order valence-corrected chi connectivity index (χ4v) is 2.33. The number of allylic oxidation sites excluding steroid dienone is 3. The van der Waals surface area contributed by atoms with Gasteiger partial charge in [-0.2, -0.15) is 0 Å². The summed E-state index contributed by atoms with van der Waals surface area (Å²) in [5.74, 6) is 0.803. The van der Waals surface area contributed by atoms with Crippen LogP contribution in [0.2, 0.25) is 0 Å². The molecule has 0 N–H and O–H groups in total. The van der Waals surface area contributed by atoms with Crippen LogP contribution in [0.1, 0.15) is 86.0 Å². The van der Waals surface area contributed by atoms with Gasteiger partial charge in [0.2, 0.25) is 0 Å². The maximum absolute atomic E-state index is 2.52. The van der Waals surface area contributed by atoms with E-state index in [0.29, 0.717) is 0 Å². The summed E-state index contributed by atoms with van der Waals surface area (Å²) >= 11 is 0. The highest BCUT2D eigenvalue weighted by Crippen LogP contribution is 2.09. The lowest BCUT2D eigenvalue weighted by Gasteiger charge is -2.20. The van der Waals surface area contributed by atoms with Crippen LogP contribution in [0, 0.1) is 5.92 Å². The Kier molecular flexibility index (Phi) is 13.7. The highest BCUT2D eigenvalue weighted by molar-refractivity contribution is 5.15. The first kappa shape index (κ1) is 20.3. The zero-order valence-corrected chi connectivity index (χ0v) is 15.3. The van der Waals surface area contributed by atoms with Crippen molar-refractivity contribution in [3.05, 3.63) is 23.9 Å². The fourth-order valence-electron chi connectivity index (χ4n) is 2.33. The van der Waals surface area contributed by atoms with Crippen LogP contribution in [0.3, 0.4) is 0 Å². The van der Waals surface area contributed by atoms with Gasteiger partial charge in [0.05, 0.1) is 0 Å². The van der Waals surface area contributed by atoms with Gasteiger partial charge in [-0.25, -0.2) is 0 Å². The third-order valence-corrected chi connectivity index (χ3v) is 3.86. The molecule has 0 aliphatic carbocycles. The third-order valence-electron chi connectivity index (χ3n) is 3.86. The van der Waals surface area contributed by atoms with E-state index >= 15 is 0 Å². The van der Waals surface area contributed by atoms with Gasteiger partial charge in [-0.15, -0.1) is 0 Å². The zero-order chi connectivity index (χ0) is 15.9. The molecule has 0 radical (unpaired) electrons. The highest BCUT2D eigenvalue weighted by atomic mass is 15.1. The Hall–Kier alpha value is -0.720. The second kappa shape index (κ2) is 14.2. The average Bonchev–Trinajstić information content (AvgIpc) is 2.44. The van der Waals surface area contributed by atoms with Crippen molar-refractivity contribution < 1.29 is 0 Å². The van der Waals surface area contributed by atoms with Gasteiger partial charge in [0.25, 0.3) is 0 Å². The van der Waals surface area contributed by atoms with Crippen LogP contribution >= 0.6 is 0 Å². The number of rotatable bonds is 13. The molecule has 0 rings (SSSR count). The van der Waals surface area contributed by atoms with Gasteiger partial charge in [0.1, 0.15) is 0 Å². The summed E-state index contributed by atoms with van der Waals surface area (Å²) in [5.41, 5.74) is 1.41. The van der Waals surface area contributed by atoms with E-state index in [4.69, 9.17) is 0 Å². The summed E-state index contributed by atoms with van der Waals surface area (Å²) in [5, 5.41) is 0. The molecular formula is C20H39N. The molecule has 0 saturated heterocycles. The van der Waals surface area contributed by atoms with Crippen molar-refractivity contribution in [1.82, 2.24) is 4.90 Å². The van der Waals surface area contributed by atoms with Crippen molar-refractivity contribution >= 4 is 0 Å². The molecule has 0 fully saturated rings. The predicted molar refractivity (Wildman–Crippen MR) is 97.6 cm³/mol. The number of unbranched alkanes of at least 4 members (excludes halogenated alkanes) is 4. The van der Waals surface area contributed by atoms with Crippen LogP contribution in [0.4, 0.5) is 0 Å². The minimum Gasteiger partial charge on any atom is -0.377 e. The predicted octanol–water partition coefficient (Wildman–Crippen LogP) is 6.57. The monoisotopic (exact) mass is 293 g/mol. The van der Waals surface area contributed by atoms with Crippen LogP contribution in [0.15, 0.2) is 23.9 Å². The van der Waals surface area contributed by atoms with Gasteiger partial charge in [0, 0.05) is 13.1 Å². The molecule has 0 atom stereocenters. The van der Waals surface area contributed by atoms with E-state index in [1.165, 1.54) is 70.0 Å². The first-order valence-electron chi connectivity index (χ1n) is 9.19. The smallest absolute Gasteiger partial charge is 0.0172 e. The highest BCUT2D eigenvalue weighted by Gasteiger charge is 1.99. The molecular weight excluding hydrogens is 254 g/mol. The molecule has 0 aromatic carbocycles. The summed E-state index contributed by atoms with van der Waals surface area (Å²) in [4.78, 5) is 2.52. The van der Waals surface area contributed by atoms with Gasteiger partial charge >= 0.3 is 0 Å². The normalized spacial score (nSPS) is 12.6. The molecule has 0 bridgehead atoms. The average molecular weight is 294 g/mol. The van der Waals surface area contributed by atoms with E-state index in [-0.39, 0.29) is 0 Å². The molecule has 0 spiro atoms. The van der Waals surface area contributed by atoms with E-state index in [1.807, 2.05) is 0 Å². The van der Waals surface area contributed by atoms with Crippen LogP contribution < -0.4 is 0 Å². The van der Waals surface area contributed by atoms with E-state index in [9.17, 15) is 0 Å². The van der Waals surface area contributed by atoms with Crippen LogP contribution in [-0.4, -0.2) is 18.0 Å². The minimum atomic E-state index is 0.803. The van der Waals surface area contributed by atoms with Crippen molar-refractivity contribution in [2.45, 2.75) is 86.0 Å². The second-order valence-electron chi connectivity index (χ2n) is 6.69. The number of hydrogen-bond acceptors (Lipinski definition) is 1. The number of nitrogens with zero attached hydrogens (tertiary/aromatic N) is 1. The van der Waals surface area contributed by atoms with E-state index in [0.717, 1.165) is 5.92 Å². The Morgan fingerprint density at radius 2 is 1.52 bits per heavy atom. The lowest BCUT2D eigenvalue weighted by molar-refractivity contribution is 0.353. The first-order chi connectivity index (χ1) is 10.1. The maximum atomic E-state index is 2.52. The molecule has 0 aromatic heterocycles. The summed E-state index contributed by atoms with van der Waals surface area (Å²) in [6.45, 7) is 13.8. The molecule has 0 saturated carbocycles. The molecule has 21 heavy (non-hydrogen) atoms. The van der Waals surface area contributed by atoms with Crippen LogP contribution in [-0.2, 0) is 0 Å². The SMILES string of the molecule is CCCCCN(C=CC(C)=CCCC(C)C)CCCCC. The van der Waals surface area contributed by atoms with Gasteiger partial charge in [0.15, 0.2) is 0 Å². The summed E-state index contributed by atoms with van der Waals surface area (Å²) in [7, 11) is 0. The lowest BCUT2D eigenvalue weighted by Crippen LogP contribution is -2.20. The first-order valence-corrected chi connectivity index (χ1v) is 9.19. The Labute approximate surface area is 134 Å². The van der Waals surface area contributed by atoms with E-state index in [1.54, 1.807) is 0 Å². The molecule has 0 unspecified atom stereocenters. The molecule has 1 nitrogen and oxygen atoms in total. The molecule has 124 valence electrons. The Morgan fingerprint density at radius 1 is 0.952 bits per heavy atom. The van der Waals surface area contributed by atoms with Crippen LogP contribution in [0.25, 0.3) is 0 Å². The number of hydrogen-bond donors (Lipinski definition) is 0. The molecule has 0 heterocycles. The zero-order valence-electron chi connectivity index (χ0n) is 15.3. The minimum absolute atomic E-state index is 0.803. The topological polar surface area (TPSA) is 3.24 Å². The van der Waals surface area contributed by atoms with Crippen molar-refractivity contribution in [2.24, 2.45) is 5.92 Å². The maximum Gasteiger partial charge on any atom is 0.0172 e. The summed E-state index contributed by atoms with van der Waals surface area (Å²) in [6, 6.07) is 0.